The third kappa shape index (κ3) is 6.84. The zero-order valence-electron chi connectivity index (χ0n) is 20.0. The van der Waals surface area contributed by atoms with Gasteiger partial charge in [0.15, 0.2) is 0 Å². The Kier molecular flexibility index (Phi) is 8.40. The van der Waals surface area contributed by atoms with Crippen LogP contribution in [-0.4, -0.2) is 39.4 Å². The first-order chi connectivity index (χ1) is 17.0. The number of halogens is 1. The number of hydrogen-bond donors (Lipinski definition) is 3. The standard InChI is InChI=1S/C25H30FN7OS/c1-17(2)33-25(12-23(31-33)19-8-9-28-24(11-19)27-3)32-34-14-21(29-13-22-15-35-16-30-22)10-18-4-6-20(26)7-5-18/h4-9,11-12,15-17,21,29,32H,10,13-14H2,1-3H3,(H,27,28)/t21-/m0/s1. The maximum Gasteiger partial charge on any atom is 0.149 e. The Morgan fingerprint density at radius 1 is 1.11 bits per heavy atom. The van der Waals surface area contributed by atoms with Crippen molar-refractivity contribution in [2.75, 3.05) is 24.5 Å². The van der Waals surface area contributed by atoms with Crippen LogP contribution >= 0.6 is 11.3 Å². The summed E-state index contributed by atoms with van der Waals surface area (Å²) < 4.78 is 15.2. The number of hydrogen-bond acceptors (Lipinski definition) is 8. The van der Waals surface area contributed by atoms with E-state index in [-0.39, 0.29) is 17.9 Å². The summed E-state index contributed by atoms with van der Waals surface area (Å²) in [6.07, 6.45) is 2.44. The van der Waals surface area contributed by atoms with E-state index >= 15 is 0 Å². The minimum atomic E-state index is -0.243. The van der Waals surface area contributed by atoms with E-state index in [2.05, 4.69) is 39.9 Å². The van der Waals surface area contributed by atoms with Crippen molar-refractivity contribution in [1.29, 1.82) is 0 Å². The van der Waals surface area contributed by atoms with Gasteiger partial charge in [-0.05, 0) is 50.1 Å². The van der Waals surface area contributed by atoms with Gasteiger partial charge in [-0.25, -0.2) is 24.5 Å². The smallest absolute Gasteiger partial charge is 0.149 e. The van der Waals surface area contributed by atoms with Crippen molar-refractivity contribution >= 4 is 23.0 Å². The van der Waals surface area contributed by atoms with E-state index < -0.39 is 0 Å². The highest BCUT2D eigenvalue weighted by atomic mass is 32.1. The topological polar surface area (TPSA) is 88.9 Å². The summed E-state index contributed by atoms with van der Waals surface area (Å²) in [6.45, 7) is 5.16. The molecular weight excluding hydrogens is 465 g/mol. The van der Waals surface area contributed by atoms with Gasteiger partial charge in [-0.3, -0.25) is 4.84 Å². The molecule has 10 heteroatoms. The molecule has 3 heterocycles. The first-order valence-corrected chi connectivity index (χ1v) is 12.4. The van der Waals surface area contributed by atoms with E-state index in [9.17, 15) is 4.39 Å². The van der Waals surface area contributed by atoms with Gasteiger partial charge in [0.1, 0.15) is 17.5 Å². The van der Waals surface area contributed by atoms with Crippen LogP contribution in [0.4, 0.5) is 16.0 Å². The van der Waals surface area contributed by atoms with E-state index in [4.69, 9.17) is 9.94 Å². The summed E-state index contributed by atoms with van der Waals surface area (Å²) >= 11 is 1.57. The van der Waals surface area contributed by atoms with Crippen molar-refractivity contribution in [2.24, 2.45) is 0 Å². The van der Waals surface area contributed by atoms with E-state index in [1.54, 1.807) is 29.7 Å². The second kappa shape index (κ2) is 11.9. The second-order valence-electron chi connectivity index (χ2n) is 8.43. The number of aromatic nitrogens is 4. The molecule has 0 unspecified atom stereocenters. The summed E-state index contributed by atoms with van der Waals surface area (Å²) in [6, 6.07) is 12.5. The van der Waals surface area contributed by atoms with Crippen molar-refractivity contribution in [2.45, 2.75) is 38.9 Å². The molecule has 0 fully saturated rings. The summed E-state index contributed by atoms with van der Waals surface area (Å²) in [5.41, 5.74) is 8.70. The molecule has 8 nitrogen and oxygen atoms in total. The summed E-state index contributed by atoms with van der Waals surface area (Å²) in [5.74, 6) is 1.30. The maximum atomic E-state index is 13.3. The van der Waals surface area contributed by atoms with E-state index in [1.165, 1.54) is 12.1 Å². The van der Waals surface area contributed by atoms with E-state index in [1.807, 2.05) is 40.8 Å². The number of nitrogens with one attached hydrogen (secondary N) is 3. The fourth-order valence-corrected chi connectivity index (χ4v) is 4.18. The molecule has 3 aromatic heterocycles. The second-order valence-corrected chi connectivity index (χ2v) is 9.15. The van der Waals surface area contributed by atoms with Crippen molar-refractivity contribution in [3.05, 3.63) is 76.6 Å². The summed E-state index contributed by atoms with van der Waals surface area (Å²) in [4.78, 5) is 14.6. The normalized spacial score (nSPS) is 12.1. The van der Waals surface area contributed by atoms with Gasteiger partial charge in [0, 0.05) is 48.9 Å². The average Bonchev–Trinajstić information content (AvgIpc) is 3.54. The molecule has 0 bridgehead atoms. The number of benzene rings is 1. The maximum absolute atomic E-state index is 13.3. The molecule has 0 spiro atoms. The average molecular weight is 496 g/mol. The Bertz CT molecular complexity index is 1200. The van der Waals surface area contributed by atoms with E-state index in [0.29, 0.717) is 19.6 Å². The Hall–Kier alpha value is -3.34. The number of pyridine rings is 1. The highest BCUT2D eigenvalue weighted by Crippen LogP contribution is 2.25. The van der Waals surface area contributed by atoms with Crippen molar-refractivity contribution in [3.8, 4) is 11.3 Å². The van der Waals surface area contributed by atoms with Gasteiger partial charge < -0.3 is 10.6 Å². The molecular formula is C25H30FN7OS. The molecule has 1 aromatic carbocycles. The minimum Gasteiger partial charge on any atom is -0.373 e. The van der Waals surface area contributed by atoms with Gasteiger partial charge >= 0.3 is 0 Å². The molecule has 4 aromatic rings. The molecule has 0 aliphatic heterocycles. The van der Waals surface area contributed by atoms with Gasteiger partial charge in [0.05, 0.1) is 23.5 Å². The van der Waals surface area contributed by atoms with Crippen LogP contribution in [0.1, 0.15) is 31.1 Å². The van der Waals surface area contributed by atoms with Crippen LogP contribution in [-0.2, 0) is 17.8 Å². The van der Waals surface area contributed by atoms with Gasteiger partial charge in [0.25, 0.3) is 0 Å². The predicted molar refractivity (Wildman–Crippen MR) is 138 cm³/mol. The monoisotopic (exact) mass is 495 g/mol. The van der Waals surface area contributed by atoms with Gasteiger partial charge in [-0.1, -0.05) is 12.1 Å². The quantitative estimate of drug-likeness (QED) is 0.241. The molecule has 0 aliphatic carbocycles. The fourth-order valence-electron chi connectivity index (χ4n) is 3.62. The molecule has 0 amide bonds. The lowest BCUT2D eigenvalue weighted by molar-refractivity contribution is 0.158. The van der Waals surface area contributed by atoms with Crippen molar-refractivity contribution < 1.29 is 9.23 Å². The molecule has 0 radical (unpaired) electrons. The van der Waals surface area contributed by atoms with Gasteiger partial charge in [-0.2, -0.15) is 5.10 Å². The van der Waals surface area contributed by atoms with Crippen molar-refractivity contribution in [1.82, 2.24) is 25.1 Å². The molecule has 0 aliphatic rings. The lowest BCUT2D eigenvalue weighted by Gasteiger charge is -2.19. The minimum absolute atomic E-state index is 0.0112. The third-order valence-corrected chi connectivity index (χ3v) is 6.08. The molecule has 4 rings (SSSR count). The fraction of sp³-hybridized carbons (Fsp3) is 0.320. The van der Waals surface area contributed by atoms with Crippen LogP contribution in [0.15, 0.2) is 59.6 Å². The summed E-state index contributed by atoms with van der Waals surface area (Å²) in [5, 5.41) is 13.3. The summed E-state index contributed by atoms with van der Waals surface area (Å²) in [7, 11) is 1.84. The first kappa shape index (κ1) is 24.8. The molecule has 0 saturated carbocycles. The molecule has 0 saturated heterocycles. The molecule has 184 valence electrons. The predicted octanol–water partition coefficient (Wildman–Crippen LogP) is 4.91. The lowest BCUT2D eigenvalue weighted by atomic mass is 10.1. The van der Waals surface area contributed by atoms with Crippen LogP contribution in [0.3, 0.4) is 0 Å². The zero-order chi connectivity index (χ0) is 24.6. The van der Waals surface area contributed by atoms with Crippen LogP contribution in [0.2, 0.25) is 0 Å². The van der Waals surface area contributed by atoms with Gasteiger partial charge in [-0.15, -0.1) is 11.3 Å². The molecule has 1 atom stereocenters. The largest absolute Gasteiger partial charge is 0.373 e. The Balaban J connectivity index is 1.44. The lowest BCUT2D eigenvalue weighted by Crippen LogP contribution is -2.36. The Morgan fingerprint density at radius 2 is 1.94 bits per heavy atom. The SMILES string of the molecule is CNc1cc(-c2cc(NOC[C@H](Cc3ccc(F)cc3)NCc3cscn3)n(C(C)C)n2)ccn1. The first-order valence-electron chi connectivity index (χ1n) is 11.5. The Labute approximate surface area is 208 Å². The van der Waals surface area contributed by atoms with Crippen LogP contribution in [0, 0.1) is 5.82 Å². The zero-order valence-corrected chi connectivity index (χ0v) is 20.8. The van der Waals surface area contributed by atoms with E-state index in [0.717, 1.165) is 34.2 Å². The highest BCUT2D eigenvalue weighted by molar-refractivity contribution is 7.07. The highest BCUT2D eigenvalue weighted by Gasteiger charge is 2.15. The number of anilines is 2. The number of rotatable bonds is 12. The molecule has 3 N–H and O–H groups in total. The van der Waals surface area contributed by atoms with Crippen LogP contribution in [0.25, 0.3) is 11.3 Å². The number of thiazole rings is 1. The van der Waals surface area contributed by atoms with Crippen LogP contribution < -0.4 is 16.1 Å². The molecule has 35 heavy (non-hydrogen) atoms. The Morgan fingerprint density at radius 3 is 2.66 bits per heavy atom. The third-order valence-electron chi connectivity index (χ3n) is 5.45. The van der Waals surface area contributed by atoms with Gasteiger partial charge in [0.2, 0.25) is 0 Å². The van der Waals surface area contributed by atoms with Crippen LogP contribution in [0.5, 0.6) is 0 Å². The van der Waals surface area contributed by atoms with Crippen molar-refractivity contribution in [3.63, 3.8) is 0 Å². The number of nitrogens with zero attached hydrogens (tertiary/aromatic N) is 4.